The van der Waals surface area contributed by atoms with Crippen molar-refractivity contribution in [1.82, 2.24) is 0 Å². The van der Waals surface area contributed by atoms with E-state index in [0.29, 0.717) is 22.8 Å². The standard InChI is InChI=1S/C17H18O2/c1-12(2)13-7-9-14(10-8-13)17(18)15-5-4-6-16(11-15)19-3/h4-12H,1-3H3. The summed E-state index contributed by atoms with van der Waals surface area (Å²) in [6, 6.07) is 15.0. The Morgan fingerprint density at radius 1 is 1.00 bits per heavy atom. The molecule has 0 aliphatic rings. The van der Waals surface area contributed by atoms with Gasteiger partial charge in [0.05, 0.1) is 7.11 Å². The maximum absolute atomic E-state index is 12.3. The SMILES string of the molecule is COc1cccc(C(=O)c2ccc(C(C)C)cc2)c1. The minimum atomic E-state index is 0.0224. The lowest BCUT2D eigenvalue weighted by atomic mass is 9.98. The Bertz CT molecular complexity index is 568. The summed E-state index contributed by atoms with van der Waals surface area (Å²) in [5.41, 5.74) is 2.59. The molecule has 19 heavy (non-hydrogen) atoms. The van der Waals surface area contributed by atoms with Crippen LogP contribution in [0.25, 0.3) is 0 Å². The third-order valence-corrected chi connectivity index (χ3v) is 3.17. The third kappa shape index (κ3) is 3.02. The van der Waals surface area contributed by atoms with Crippen molar-refractivity contribution in [2.45, 2.75) is 19.8 Å². The van der Waals surface area contributed by atoms with Crippen molar-refractivity contribution in [2.24, 2.45) is 0 Å². The molecule has 2 aromatic carbocycles. The van der Waals surface area contributed by atoms with E-state index in [4.69, 9.17) is 4.74 Å². The first kappa shape index (κ1) is 13.3. The largest absolute Gasteiger partial charge is 0.497 e. The first-order chi connectivity index (χ1) is 9.11. The average Bonchev–Trinajstić information content (AvgIpc) is 2.46. The lowest BCUT2D eigenvalue weighted by molar-refractivity contribution is 0.103. The average molecular weight is 254 g/mol. The van der Waals surface area contributed by atoms with Crippen LogP contribution >= 0.6 is 0 Å². The lowest BCUT2D eigenvalue weighted by Crippen LogP contribution is -2.02. The van der Waals surface area contributed by atoms with Crippen molar-refractivity contribution in [3.63, 3.8) is 0 Å². The van der Waals surface area contributed by atoms with Gasteiger partial charge < -0.3 is 4.74 Å². The van der Waals surface area contributed by atoms with Gasteiger partial charge in [-0.15, -0.1) is 0 Å². The molecule has 0 saturated heterocycles. The molecule has 0 amide bonds. The van der Waals surface area contributed by atoms with Gasteiger partial charge in [0.25, 0.3) is 0 Å². The van der Waals surface area contributed by atoms with Crippen LogP contribution in [0.1, 0.15) is 41.3 Å². The smallest absolute Gasteiger partial charge is 0.193 e. The van der Waals surface area contributed by atoms with Gasteiger partial charge in [0.15, 0.2) is 5.78 Å². The van der Waals surface area contributed by atoms with Gasteiger partial charge in [0, 0.05) is 11.1 Å². The Morgan fingerprint density at radius 2 is 1.68 bits per heavy atom. The summed E-state index contributed by atoms with van der Waals surface area (Å²) in [6.45, 7) is 4.28. The Labute approximate surface area is 114 Å². The summed E-state index contributed by atoms with van der Waals surface area (Å²) in [6.07, 6.45) is 0. The lowest BCUT2D eigenvalue weighted by Gasteiger charge is -2.07. The van der Waals surface area contributed by atoms with E-state index in [0.717, 1.165) is 0 Å². The van der Waals surface area contributed by atoms with Crippen LogP contribution in [0.4, 0.5) is 0 Å². The number of rotatable bonds is 4. The molecule has 0 bridgehead atoms. The van der Waals surface area contributed by atoms with Crippen LogP contribution < -0.4 is 4.74 Å². The predicted molar refractivity (Wildman–Crippen MR) is 77.0 cm³/mol. The van der Waals surface area contributed by atoms with E-state index in [2.05, 4.69) is 13.8 Å². The zero-order valence-corrected chi connectivity index (χ0v) is 11.5. The van der Waals surface area contributed by atoms with Crippen LogP contribution in [-0.4, -0.2) is 12.9 Å². The topological polar surface area (TPSA) is 26.3 Å². The monoisotopic (exact) mass is 254 g/mol. The number of carbonyl (C=O) groups is 1. The second-order valence-electron chi connectivity index (χ2n) is 4.84. The quantitative estimate of drug-likeness (QED) is 0.769. The highest BCUT2D eigenvalue weighted by molar-refractivity contribution is 6.09. The van der Waals surface area contributed by atoms with Crippen molar-refractivity contribution >= 4 is 5.78 Å². The molecule has 0 aliphatic heterocycles. The molecule has 2 heteroatoms. The van der Waals surface area contributed by atoms with Crippen LogP contribution in [0.2, 0.25) is 0 Å². The molecule has 0 fully saturated rings. The van der Waals surface area contributed by atoms with Gasteiger partial charge in [-0.25, -0.2) is 0 Å². The zero-order chi connectivity index (χ0) is 13.8. The predicted octanol–water partition coefficient (Wildman–Crippen LogP) is 4.05. The van der Waals surface area contributed by atoms with Gasteiger partial charge in [0.2, 0.25) is 0 Å². The van der Waals surface area contributed by atoms with Crippen LogP contribution in [-0.2, 0) is 0 Å². The molecule has 0 N–H and O–H groups in total. The molecule has 2 rings (SSSR count). The van der Waals surface area contributed by atoms with Gasteiger partial charge >= 0.3 is 0 Å². The van der Waals surface area contributed by atoms with Gasteiger partial charge in [0.1, 0.15) is 5.75 Å². The highest BCUT2D eigenvalue weighted by Gasteiger charge is 2.10. The van der Waals surface area contributed by atoms with Crippen molar-refractivity contribution in [2.75, 3.05) is 7.11 Å². The third-order valence-electron chi connectivity index (χ3n) is 3.17. The molecule has 0 saturated carbocycles. The maximum Gasteiger partial charge on any atom is 0.193 e. The number of methoxy groups -OCH3 is 1. The summed E-state index contributed by atoms with van der Waals surface area (Å²) in [5.74, 6) is 1.19. The molecular formula is C17H18O2. The molecule has 0 atom stereocenters. The fraction of sp³-hybridized carbons (Fsp3) is 0.235. The first-order valence-electron chi connectivity index (χ1n) is 6.40. The number of benzene rings is 2. The van der Waals surface area contributed by atoms with Crippen molar-refractivity contribution in [1.29, 1.82) is 0 Å². The second kappa shape index (κ2) is 5.70. The Balaban J connectivity index is 2.28. The summed E-state index contributed by atoms with van der Waals surface area (Å²) in [7, 11) is 1.60. The van der Waals surface area contributed by atoms with Crippen LogP contribution in [0, 0.1) is 0 Å². The fourth-order valence-electron chi connectivity index (χ4n) is 1.95. The van der Waals surface area contributed by atoms with E-state index in [-0.39, 0.29) is 5.78 Å². The van der Waals surface area contributed by atoms with E-state index < -0.39 is 0 Å². The summed E-state index contributed by atoms with van der Waals surface area (Å²) in [5, 5.41) is 0. The van der Waals surface area contributed by atoms with Crippen molar-refractivity contribution < 1.29 is 9.53 Å². The minimum Gasteiger partial charge on any atom is -0.497 e. The van der Waals surface area contributed by atoms with E-state index >= 15 is 0 Å². The highest BCUT2D eigenvalue weighted by atomic mass is 16.5. The Morgan fingerprint density at radius 3 is 2.26 bits per heavy atom. The van der Waals surface area contributed by atoms with E-state index in [1.807, 2.05) is 36.4 Å². The normalized spacial score (nSPS) is 10.5. The summed E-state index contributed by atoms with van der Waals surface area (Å²) < 4.78 is 5.14. The number of ether oxygens (including phenoxy) is 1. The molecular weight excluding hydrogens is 236 g/mol. The van der Waals surface area contributed by atoms with E-state index in [1.54, 1.807) is 19.2 Å². The number of carbonyl (C=O) groups excluding carboxylic acids is 1. The molecule has 2 nitrogen and oxygen atoms in total. The van der Waals surface area contributed by atoms with Crippen LogP contribution in [0.5, 0.6) is 5.75 Å². The zero-order valence-electron chi connectivity index (χ0n) is 11.5. The van der Waals surface area contributed by atoms with Crippen molar-refractivity contribution in [3.05, 3.63) is 65.2 Å². The summed E-state index contributed by atoms with van der Waals surface area (Å²) >= 11 is 0. The van der Waals surface area contributed by atoms with Gasteiger partial charge in [-0.2, -0.15) is 0 Å². The van der Waals surface area contributed by atoms with Gasteiger partial charge in [-0.05, 0) is 23.6 Å². The molecule has 2 aromatic rings. The first-order valence-corrected chi connectivity index (χ1v) is 6.40. The Hall–Kier alpha value is -2.09. The van der Waals surface area contributed by atoms with E-state index in [9.17, 15) is 4.79 Å². The van der Waals surface area contributed by atoms with Crippen molar-refractivity contribution in [3.8, 4) is 5.75 Å². The minimum absolute atomic E-state index is 0.0224. The summed E-state index contributed by atoms with van der Waals surface area (Å²) in [4.78, 5) is 12.3. The van der Waals surface area contributed by atoms with Crippen LogP contribution in [0.15, 0.2) is 48.5 Å². The molecule has 98 valence electrons. The highest BCUT2D eigenvalue weighted by Crippen LogP contribution is 2.19. The van der Waals surface area contributed by atoms with E-state index in [1.165, 1.54) is 5.56 Å². The van der Waals surface area contributed by atoms with Gasteiger partial charge in [-0.1, -0.05) is 50.2 Å². The molecule has 0 unspecified atom stereocenters. The van der Waals surface area contributed by atoms with Crippen LogP contribution in [0.3, 0.4) is 0 Å². The number of hydrogen-bond donors (Lipinski definition) is 0. The number of hydrogen-bond acceptors (Lipinski definition) is 2. The Kier molecular flexibility index (Phi) is 4.00. The number of ketones is 1. The maximum atomic E-state index is 12.3. The second-order valence-corrected chi connectivity index (χ2v) is 4.84. The molecule has 0 heterocycles. The molecule has 0 aliphatic carbocycles. The molecule has 0 radical (unpaired) electrons. The van der Waals surface area contributed by atoms with Gasteiger partial charge in [-0.3, -0.25) is 4.79 Å². The molecule has 0 spiro atoms. The molecule has 0 aromatic heterocycles. The fourth-order valence-corrected chi connectivity index (χ4v) is 1.95.